The van der Waals surface area contributed by atoms with Crippen LogP contribution >= 0.6 is 11.3 Å². The van der Waals surface area contributed by atoms with Crippen molar-refractivity contribution in [1.82, 2.24) is 15.5 Å². The zero-order valence-corrected chi connectivity index (χ0v) is 22.3. The lowest BCUT2D eigenvalue weighted by Gasteiger charge is -2.33. The zero-order valence-electron chi connectivity index (χ0n) is 21.5. The van der Waals surface area contributed by atoms with Gasteiger partial charge in [-0.25, -0.2) is 0 Å². The van der Waals surface area contributed by atoms with Crippen LogP contribution in [0.15, 0.2) is 72.8 Å². The number of likely N-dealkylation sites (tertiary alicyclic amines) is 1. The molecule has 2 heterocycles. The molecule has 2 atom stereocenters. The van der Waals surface area contributed by atoms with Crippen molar-refractivity contribution in [3.63, 3.8) is 0 Å². The highest BCUT2D eigenvalue weighted by Gasteiger charge is 2.40. The van der Waals surface area contributed by atoms with Crippen LogP contribution in [0.2, 0.25) is 0 Å². The van der Waals surface area contributed by atoms with Gasteiger partial charge in [0, 0.05) is 23.9 Å². The molecule has 0 unspecified atom stereocenters. The molecular weight excluding hydrogens is 514 g/mol. The van der Waals surface area contributed by atoms with E-state index in [1.807, 2.05) is 66.7 Å². The van der Waals surface area contributed by atoms with Gasteiger partial charge in [0.05, 0.1) is 23.9 Å². The first kappa shape index (κ1) is 28.0. The number of amides is 2. The molecule has 1 aliphatic rings. The number of carboxylic acid groups (broad SMARTS) is 1. The average Bonchev–Trinajstić information content (AvgIpc) is 3.62. The number of nitrogen functional groups attached to an aromatic ring is 1. The van der Waals surface area contributed by atoms with Crippen LogP contribution in [-0.2, 0) is 20.9 Å². The number of benzene rings is 2. The molecule has 10 heteroatoms. The van der Waals surface area contributed by atoms with Gasteiger partial charge in [-0.15, -0.1) is 11.3 Å². The lowest BCUT2D eigenvalue weighted by atomic mass is 9.84. The molecule has 0 radical (unpaired) electrons. The van der Waals surface area contributed by atoms with Crippen molar-refractivity contribution >= 4 is 35.0 Å². The third-order valence-electron chi connectivity index (χ3n) is 6.82. The summed E-state index contributed by atoms with van der Waals surface area (Å²) in [7, 11) is 0. The molecule has 1 fully saturated rings. The number of carbonyl (C=O) groups excluding carboxylic acids is 2. The number of hydrogen-bond donors (Lipinski definition) is 5. The molecule has 204 valence electrons. The van der Waals surface area contributed by atoms with Gasteiger partial charge < -0.3 is 26.4 Å². The fourth-order valence-corrected chi connectivity index (χ4v) is 5.78. The third-order valence-corrected chi connectivity index (χ3v) is 7.94. The molecule has 1 aromatic heterocycles. The van der Waals surface area contributed by atoms with Crippen LogP contribution in [0.3, 0.4) is 0 Å². The third kappa shape index (κ3) is 7.10. The summed E-state index contributed by atoms with van der Waals surface area (Å²) in [5.74, 6) is -1.82. The molecule has 6 N–H and O–H groups in total. The number of hydrogen-bond acceptors (Lipinski definition) is 6. The topological polar surface area (TPSA) is 149 Å². The Balaban J connectivity index is 1.57. The molecule has 9 nitrogen and oxygen atoms in total. The number of carboxylic acids is 1. The summed E-state index contributed by atoms with van der Waals surface area (Å²) in [5, 5.41) is 23.0. The molecule has 0 spiro atoms. The van der Waals surface area contributed by atoms with Gasteiger partial charge in [0.1, 0.15) is 11.9 Å². The highest BCUT2D eigenvalue weighted by molar-refractivity contribution is 7.14. The first-order valence-corrected chi connectivity index (χ1v) is 13.7. The highest BCUT2D eigenvalue weighted by Crippen LogP contribution is 2.31. The molecule has 2 aromatic carbocycles. The van der Waals surface area contributed by atoms with Gasteiger partial charge in [0.2, 0.25) is 11.8 Å². The molecule has 0 bridgehead atoms. The fraction of sp³-hybridized carbons (Fsp3) is 0.310. The van der Waals surface area contributed by atoms with Crippen LogP contribution in [-0.4, -0.2) is 58.8 Å². The van der Waals surface area contributed by atoms with E-state index in [0.29, 0.717) is 24.3 Å². The Morgan fingerprint density at radius 1 is 1.03 bits per heavy atom. The second kappa shape index (κ2) is 13.2. The number of nitrogens with zero attached hydrogens (tertiary/aromatic N) is 1. The number of amidine groups is 1. The average molecular weight is 548 g/mol. The second-order valence-corrected chi connectivity index (χ2v) is 10.6. The number of nitrogens with one attached hydrogen (secondary N) is 3. The number of carbonyl (C=O) groups is 3. The van der Waals surface area contributed by atoms with Crippen LogP contribution < -0.4 is 16.4 Å². The minimum absolute atomic E-state index is 0.0158. The van der Waals surface area contributed by atoms with Gasteiger partial charge >= 0.3 is 5.97 Å². The summed E-state index contributed by atoms with van der Waals surface area (Å²) in [4.78, 5) is 41.8. The maximum atomic E-state index is 14.2. The minimum Gasteiger partial charge on any atom is -0.481 e. The van der Waals surface area contributed by atoms with Crippen molar-refractivity contribution in [3.8, 4) is 0 Å². The molecule has 4 rings (SSSR count). The van der Waals surface area contributed by atoms with Crippen molar-refractivity contribution in [1.29, 1.82) is 5.41 Å². The monoisotopic (exact) mass is 547 g/mol. The Morgan fingerprint density at radius 2 is 1.67 bits per heavy atom. The first-order chi connectivity index (χ1) is 18.8. The van der Waals surface area contributed by atoms with Crippen molar-refractivity contribution < 1.29 is 19.5 Å². The van der Waals surface area contributed by atoms with Crippen LogP contribution in [0.4, 0.5) is 0 Å². The van der Waals surface area contributed by atoms with Crippen molar-refractivity contribution in [2.24, 2.45) is 5.73 Å². The number of rotatable bonds is 12. The quantitative estimate of drug-likeness (QED) is 0.174. The van der Waals surface area contributed by atoms with Gasteiger partial charge in [-0.2, -0.15) is 0 Å². The van der Waals surface area contributed by atoms with E-state index in [1.165, 1.54) is 11.3 Å². The summed E-state index contributed by atoms with van der Waals surface area (Å²) in [5.41, 5.74) is 7.39. The SMILES string of the molecule is N=C(N)c1ccc(CNC(=O)[C@@H]2CCCN2C(=O)[C@H](NCCC(=O)O)C(c2ccccc2)c2ccccc2)s1. The number of thiophene rings is 1. The predicted molar refractivity (Wildman–Crippen MR) is 151 cm³/mol. The minimum atomic E-state index is -0.954. The van der Waals surface area contributed by atoms with Crippen molar-refractivity contribution in [2.75, 3.05) is 13.1 Å². The summed E-state index contributed by atoms with van der Waals surface area (Å²) in [6.45, 7) is 0.841. The Kier molecular flexibility index (Phi) is 9.45. The van der Waals surface area contributed by atoms with E-state index in [4.69, 9.17) is 11.1 Å². The smallest absolute Gasteiger partial charge is 0.304 e. The summed E-state index contributed by atoms with van der Waals surface area (Å²) >= 11 is 1.35. The Bertz CT molecular complexity index is 1260. The van der Waals surface area contributed by atoms with E-state index in [1.54, 1.807) is 11.0 Å². The zero-order chi connectivity index (χ0) is 27.8. The second-order valence-electron chi connectivity index (χ2n) is 9.46. The molecule has 3 aromatic rings. The molecule has 2 amide bonds. The largest absolute Gasteiger partial charge is 0.481 e. The molecular formula is C29H33N5O4S. The van der Waals surface area contributed by atoms with Crippen LogP contribution in [0.1, 0.15) is 46.1 Å². The van der Waals surface area contributed by atoms with Crippen molar-refractivity contribution in [2.45, 2.75) is 43.8 Å². The van der Waals surface area contributed by atoms with Gasteiger partial charge in [-0.1, -0.05) is 60.7 Å². The standard InChI is InChI=1S/C29H33N5O4S/c30-27(31)23-14-13-21(39-23)18-33-28(37)22-12-7-17-34(22)29(38)26(32-16-15-24(35)36)25(19-8-3-1-4-9-19)20-10-5-2-6-11-20/h1-6,8-11,13-14,22,25-26,32H,7,12,15-18H2,(H3,30,31)(H,33,37)(H,35,36)/t22-,26+/m0/s1. The normalized spacial score (nSPS) is 15.7. The van der Waals surface area contributed by atoms with Crippen LogP contribution in [0, 0.1) is 5.41 Å². The lowest BCUT2D eigenvalue weighted by Crippen LogP contribution is -2.54. The van der Waals surface area contributed by atoms with E-state index in [0.717, 1.165) is 16.0 Å². The maximum absolute atomic E-state index is 14.2. The number of aliphatic carboxylic acids is 1. The Morgan fingerprint density at radius 3 is 2.23 bits per heavy atom. The number of nitrogens with two attached hydrogens (primary N) is 1. The molecule has 39 heavy (non-hydrogen) atoms. The summed E-state index contributed by atoms with van der Waals surface area (Å²) in [6.07, 6.45) is 1.11. The Hall–Kier alpha value is -4.02. The summed E-state index contributed by atoms with van der Waals surface area (Å²) < 4.78 is 0. The molecule has 1 saturated heterocycles. The van der Waals surface area contributed by atoms with E-state index < -0.39 is 18.1 Å². The maximum Gasteiger partial charge on any atom is 0.304 e. The molecule has 0 aliphatic carbocycles. The predicted octanol–water partition coefficient (Wildman–Crippen LogP) is 2.90. The van der Waals surface area contributed by atoms with Crippen molar-refractivity contribution in [3.05, 3.63) is 93.7 Å². The van der Waals surface area contributed by atoms with E-state index in [-0.39, 0.29) is 43.1 Å². The first-order valence-electron chi connectivity index (χ1n) is 12.9. The van der Waals surface area contributed by atoms with E-state index in [2.05, 4.69) is 10.6 Å². The van der Waals surface area contributed by atoms with Gasteiger partial charge in [-0.3, -0.25) is 19.8 Å². The fourth-order valence-electron chi connectivity index (χ4n) is 4.97. The molecule has 1 aliphatic heterocycles. The Labute approximate surface area is 231 Å². The van der Waals surface area contributed by atoms with Gasteiger partial charge in [0.25, 0.3) is 0 Å². The summed E-state index contributed by atoms with van der Waals surface area (Å²) in [6, 6.07) is 21.5. The highest BCUT2D eigenvalue weighted by atomic mass is 32.1. The van der Waals surface area contributed by atoms with E-state index in [9.17, 15) is 19.5 Å². The van der Waals surface area contributed by atoms with Gasteiger partial charge in [0.15, 0.2) is 0 Å². The van der Waals surface area contributed by atoms with Crippen LogP contribution in [0.5, 0.6) is 0 Å². The molecule has 0 saturated carbocycles. The van der Waals surface area contributed by atoms with E-state index >= 15 is 0 Å². The van der Waals surface area contributed by atoms with Gasteiger partial charge in [-0.05, 0) is 36.1 Å². The van der Waals surface area contributed by atoms with Crippen LogP contribution in [0.25, 0.3) is 0 Å². The lowest BCUT2D eigenvalue weighted by molar-refractivity contribution is -0.140.